The SMILES string of the molecule is CC.Cc1cccc(C(=O)Nc2ccc(CN(C)C3CCCCC3)cc2)c1. The van der Waals surface area contributed by atoms with Gasteiger partial charge in [0.05, 0.1) is 0 Å². The predicted octanol–water partition coefficient (Wildman–Crippen LogP) is 6.04. The lowest BCUT2D eigenvalue weighted by molar-refractivity contribution is 0.102. The molecule has 3 nitrogen and oxygen atoms in total. The monoisotopic (exact) mass is 366 g/mol. The number of rotatable bonds is 5. The van der Waals surface area contributed by atoms with E-state index in [2.05, 4.69) is 29.4 Å². The maximum absolute atomic E-state index is 12.3. The molecule has 1 fully saturated rings. The van der Waals surface area contributed by atoms with Gasteiger partial charge >= 0.3 is 0 Å². The smallest absolute Gasteiger partial charge is 0.255 e. The summed E-state index contributed by atoms with van der Waals surface area (Å²) in [6.07, 6.45) is 6.75. The maximum Gasteiger partial charge on any atom is 0.255 e. The Kier molecular flexibility index (Phi) is 8.53. The van der Waals surface area contributed by atoms with Gasteiger partial charge in [0.1, 0.15) is 0 Å². The summed E-state index contributed by atoms with van der Waals surface area (Å²) in [7, 11) is 2.23. The molecule has 2 aromatic rings. The van der Waals surface area contributed by atoms with Crippen molar-refractivity contribution in [2.75, 3.05) is 12.4 Å². The number of benzene rings is 2. The second kappa shape index (κ2) is 10.9. The van der Waals surface area contributed by atoms with Crippen molar-refractivity contribution in [2.45, 2.75) is 65.5 Å². The molecule has 0 heterocycles. The molecule has 0 spiro atoms. The fourth-order valence-corrected chi connectivity index (χ4v) is 3.62. The van der Waals surface area contributed by atoms with E-state index in [1.807, 2.05) is 57.2 Å². The van der Waals surface area contributed by atoms with Crippen LogP contribution in [0.5, 0.6) is 0 Å². The van der Waals surface area contributed by atoms with Crippen LogP contribution in [0.1, 0.15) is 67.4 Å². The predicted molar refractivity (Wildman–Crippen MR) is 115 cm³/mol. The number of hydrogen-bond acceptors (Lipinski definition) is 2. The highest BCUT2D eigenvalue weighted by Crippen LogP contribution is 2.23. The normalized spacial score (nSPS) is 14.4. The third-order valence-corrected chi connectivity index (χ3v) is 5.12. The molecular weight excluding hydrogens is 332 g/mol. The van der Waals surface area contributed by atoms with Gasteiger partial charge in [0.2, 0.25) is 0 Å². The van der Waals surface area contributed by atoms with Gasteiger partial charge in [-0.15, -0.1) is 0 Å². The highest BCUT2D eigenvalue weighted by atomic mass is 16.1. The molecule has 0 unspecified atom stereocenters. The van der Waals surface area contributed by atoms with E-state index in [1.165, 1.54) is 37.7 Å². The Morgan fingerprint density at radius 3 is 2.33 bits per heavy atom. The van der Waals surface area contributed by atoms with Gasteiger partial charge in [-0.25, -0.2) is 0 Å². The number of carbonyl (C=O) groups excluding carboxylic acids is 1. The topological polar surface area (TPSA) is 32.3 Å². The first kappa shape index (κ1) is 21.2. The number of anilines is 1. The molecular formula is C24H34N2O. The molecule has 27 heavy (non-hydrogen) atoms. The molecule has 0 atom stereocenters. The highest BCUT2D eigenvalue weighted by molar-refractivity contribution is 6.04. The van der Waals surface area contributed by atoms with E-state index >= 15 is 0 Å². The summed E-state index contributed by atoms with van der Waals surface area (Å²) in [6, 6.07) is 16.6. The molecule has 1 N–H and O–H groups in total. The number of amides is 1. The van der Waals surface area contributed by atoms with Crippen molar-refractivity contribution in [1.29, 1.82) is 0 Å². The fourth-order valence-electron chi connectivity index (χ4n) is 3.62. The third kappa shape index (κ3) is 6.51. The van der Waals surface area contributed by atoms with Gasteiger partial charge in [0, 0.05) is 23.8 Å². The summed E-state index contributed by atoms with van der Waals surface area (Å²) >= 11 is 0. The van der Waals surface area contributed by atoms with Gasteiger partial charge in [-0.3, -0.25) is 9.69 Å². The molecule has 0 aliphatic heterocycles. The lowest BCUT2D eigenvalue weighted by Gasteiger charge is -2.31. The largest absolute Gasteiger partial charge is 0.322 e. The van der Waals surface area contributed by atoms with Crippen LogP contribution in [0.15, 0.2) is 48.5 Å². The van der Waals surface area contributed by atoms with Crippen LogP contribution >= 0.6 is 0 Å². The Morgan fingerprint density at radius 2 is 1.70 bits per heavy atom. The van der Waals surface area contributed by atoms with Gasteiger partial charge in [-0.05, 0) is 56.6 Å². The van der Waals surface area contributed by atoms with E-state index < -0.39 is 0 Å². The van der Waals surface area contributed by atoms with Crippen molar-refractivity contribution < 1.29 is 4.79 Å². The quantitative estimate of drug-likeness (QED) is 0.700. The first-order chi connectivity index (χ1) is 13.1. The van der Waals surface area contributed by atoms with Crippen molar-refractivity contribution in [3.8, 4) is 0 Å². The van der Waals surface area contributed by atoms with Crippen molar-refractivity contribution in [1.82, 2.24) is 4.90 Å². The van der Waals surface area contributed by atoms with Crippen LogP contribution < -0.4 is 5.32 Å². The fraction of sp³-hybridized carbons (Fsp3) is 0.458. The second-order valence-electron chi connectivity index (χ2n) is 7.23. The molecule has 0 bridgehead atoms. The van der Waals surface area contributed by atoms with E-state index in [1.54, 1.807) is 0 Å². The Labute approximate surface area is 164 Å². The van der Waals surface area contributed by atoms with Crippen LogP contribution in [0.3, 0.4) is 0 Å². The van der Waals surface area contributed by atoms with Crippen molar-refractivity contribution in [3.63, 3.8) is 0 Å². The van der Waals surface area contributed by atoms with E-state index in [0.717, 1.165) is 23.8 Å². The summed E-state index contributed by atoms with van der Waals surface area (Å²) in [5.74, 6) is -0.0595. The van der Waals surface area contributed by atoms with Crippen molar-refractivity contribution >= 4 is 11.6 Å². The van der Waals surface area contributed by atoms with Gasteiger partial charge in [0.25, 0.3) is 5.91 Å². The molecule has 3 rings (SSSR count). The number of aryl methyl sites for hydroxylation is 1. The zero-order valence-corrected chi connectivity index (χ0v) is 17.3. The molecule has 1 saturated carbocycles. The number of carbonyl (C=O) groups is 1. The van der Waals surface area contributed by atoms with E-state index in [4.69, 9.17) is 0 Å². The highest BCUT2D eigenvalue weighted by Gasteiger charge is 2.17. The first-order valence-corrected chi connectivity index (χ1v) is 10.3. The molecule has 0 aromatic heterocycles. The van der Waals surface area contributed by atoms with Crippen LogP contribution in [0.2, 0.25) is 0 Å². The molecule has 0 radical (unpaired) electrons. The van der Waals surface area contributed by atoms with Crippen LogP contribution in [-0.4, -0.2) is 23.9 Å². The minimum atomic E-state index is -0.0595. The summed E-state index contributed by atoms with van der Waals surface area (Å²) in [5, 5.41) is 2.98. The lowest BCUT2D eigenvalue weighted by atomic mass is 9.94. The first-order valence-electron chi connectivity index (χ1n) is 10.3. The Hall–Kier alpha value is -2.13. The molecule has 1 aliphatic carbocycles. The minimum Gasteiger partial charge on any atom is -0.322 e. The van der Waals surface area contributed by atoms with Crippen molar-refractivity contribution in [2.24, 2.45) is 0 Å². The van der Waals surface area contributed by atoms with Gasteiger partial charge in [-0.2, -0.15) is 0 Å². The van der Waals surface area contributed by atoms with Crippen molar-refractivity contribution in [3.05, 3.63) is 65.2 Å². The molecule has 146 valence electrons. The van der Waals surface area contributed by atoms with Crippen LogP contribution in [-0.2, 0) is 6.54 Å². The number of nitrogens with zero attached hydrogens (tertiary/aromatic N) is 1. The molecule has 2 aromatic carbocycles. The average molecular weight is 367 g/mol. The lowest BCUT2D eigenvalue weighted by Crippen LogP contribution is -2.32. The zero-order chi connectivity index (χ0) is 19.6. The Bertz CT molecular complexity index is 703. The van der Waals surface area contributed by atoms with Gasteiger partial charge < -0.3 is 5.32 Å². The standard InChI is InChI=1S/C22H28N2O.C2H6/c1-17-7-6-8-19(15-17)22(25)23-20-13-11-18(12-14-20)16-24(2)21-9-4-3-5-10-21;1-2/h6-8,11-15,21H,3-5,9-10,16H2,1-2H3,(H,23,25);1-2H3. The average Bonchev–Trinajstić information content (AvgIpc) is 2.71. The molecule has 3 heteroatoms. The summed E-state index contributed by atoms with van der Waals surface area (Å²) in [6.45, 7) is 6.96. The summed E-state index contributed by atoms with van der Waals surface area (Å²) in [5.41, 5.74) is 3.92. The van der Waals surface area contributed by atoms with E-state index in [0.29, 0.717) is 5.56 Å². The zero-order valence-electron chi connectivity index (χ0n) is 17.3. The van der Waals surface area contributed by atoms with E-state index in [-0.39, 0.29) is 5.91 Å². The summed E-state index contributed by atoms with van der Waals surface area (Å²) in [4.78, 5) is 14.8. The van der Waals surface area contributed by atoms with Crippen LogP contribution in [0, 0.1) is 6.92 Å². The summed E-state index contributed by atoms with van der Waals surface area (Å²) < 4.78 is 0. The Morgan fingerprint density at radius 1 is 1.04 bits per heavy atom. The molecule has 1 amide bonds. The second-order valence-corrected chi connectivity index (χ2v) is 7.23. The molecule has 1 aliphatic rings. The van der Waals surface area contributed by atoms with Crippen LogP contribution in [0.25, 0.3) is 0 Å². The van der Waals surface area contributed by atoms with Gasteiger partial charge in [0.15, 0.2) is 0 Å². The maximum atomic E-state index is 12.3. The third-order valence-electron chi connectivity index (χ3n) is 5.12. The van der Waals surface area contributed by atoms with E-state index in [9.17, 15) is 4.79 Å². The van der Waals surface area contributed by atoms with Gasteiger partial charge in [-0.1, -0.05) is 62.9 Å². The number of hydrogen-bond donors (Lipinski definition) is 1. The Balaban J connectivity index is 0.00000126. The van der Waals surface area contributed by atoms with Crippen LogP contribution in [0.4, 0.5) is 5.69 Å². The minimum absolute atomic E-state index is 0.0595. The molecule has 0 saturated heterocycles. The number of nitrogens with one attached hydrogen (secondary N) is 1.